The monoisotopic (exact) mass is 412 g/mol. The number of nitrogens with one attached hydrogen (secondary N) is 2. The van der Waals surface area contributed by atoms with E-state index in [4.69, 9.17) is 4.74 Å². The molecule has 0 radical (unpaired) electrons. The zero-order valence-corrected chi connectivity index (χ0v) is 17.4. The fourth-order valence-electron chi connectivity index (χ4n) is 3.86. The first-order chi connectivity index (χ1) is 14.6. The quantitative estimate of drug-likeness (QED) is 0.516. The highest BCUT2D eigenvalue weighted by Crippen LogP contribution is 2.22. The summed E-state index contributed by atoms with van der Waals surface area (Å²) in [7, 11) is 3.18. The molecule has 2 heterocycles. The van der Waals surface area contributed by atoms with E-state index in [0.29, 0.717) is 23.2 Å². The third-order valence-electron chi connectivity index (χ3n) is 5.42. The van der Waals surface area contributed by atoms with Gasteiger partial charge in [0.25, 0.3) is 0 Å². The normalized spacial score (nSPS) is 15.4. The van der Waals surface area contributed by atoms with E-state index in [1.54, 1.807) is 13.1 Å². The number of para-hydroxylation sites is 1. The molecule has 0 saturated carbocycles. The highest BCUT2D eigenvalue weighted by molar-refractivity contribution is 5.87. The molecular weight excluding hydrogens is 384 g/mol. The lowest BCUT2D eigenvalue weighted by Crippen LogP contribution is -2.36. The van der Waals surface area contributed by atoms with E-state index in [1.165, 1.54) is 16.2 Å². The molecule has 1 unspecified atom stereocenters. The summed E-state index contributed by atoms with van der Waals surface area (Å²) < 4.78 is 8.79. The number of piperidine rings is 1. The number of nitrogens with zero attached hydrogens (tertiary/aromatic N) is 2. The van der Waals surface area contributed by atoms with Crippen molar-refractivity contribution in [3.63, 3.8) is 0 Å². The molecule has 2 N–H and O–H groups in total. The van der Waals surface area contributed by atoms with Crippen LogP contribution in [0.1, 0.15) is 37.3 Å². The molecule has 8 heteroatoms. The van der Waals surface area contributed by atoms with Gasteiger partial charge >= 0.3 is 5.69 Å². The Morgan fingerprint density at radius 1 is 1.40 bits per heavy atom. The number of imidazole rings is 1. The number of ether oxygens (including phenoxy) is 1. The molecule has 1 aromatic heterocycles. The maximum absolute atomic E-state index is 13.0. The van der Waals surface area contributed by atoms with Gasteiger partial charge in [0.2, 0.25) is 5.91 Å². The molecule has 0 bridgehead atoms. The highest BCUT2D eigenvalue weighted by Gasteiger charge is 2.25. The van der Waals surface area contributed by atoms with Crippen LogP contribution in [0.4, 0.5) is 0 Å². The summed E-state index contributed by atoms with van der Waals surface area (Å²) in [6.07, 6.45) is 3.39. The number of rotatable bonds is 7. The van der Waals surface area contributed by atoms with Gasteiger partial charge in [0, 0.05) is 20.5 Å². The number of amides is 1. The number of carbonyl (C=O) groups excluding carboxylic acids is 2. The van der Waals surface area contributed by atoms with Crippen LogP contribution >= 0.6 is 0 Å². The summed E-state index contributed by atoms with van der Waals surface area (Å²) in [5.41, 5.74) is 1.67. The lowest BCUT2D eigenvalue weighted by Gasteiger charge is -2.21. The van der Waals surface area contributed by atoms with Crippen LogP contribution in [0.2, 0.25) is 0 Å². The fraction of sp³-hybridized carbons (Fsp3) is 0.500. The third kappa shape index (κ3) is 4.64. The Kier molecular flexibility index (Phi) is 7.44. The van der Waals surface area contributed by atoms with Gasteiger partial charge in [0.1, 0.15) is 18.9 Å². The number of hydrogen-bond donors (Lipinski definition) is 2. The van der Waals surface area contributed by atoms with Crippen molar-refractivity contribution < 1.29 is 14.3 Å². The van der Waals surface area contributed by atoms with Gasteiger partial charge in [-0.1, -0.05) is 17.9 Å². The number of aryl methyl sites for hydroxylation is 1. The number of benzene rings is 1. The second kappa shape index (κ2) is 10.2. The molecule has 3 rings (SSSR count). The Labute approximate surface area is 175 Å². The molecule has 30 heavy (non-hydrogen) atoms. The molecule has 2 aromatic rings. The first-order valence-corrected chi connectivity index (χ1v) is 10.2. The summed E-state index contributed by atoms with van der Waals surface area (Å²) in [6.45, 7) is 2.25. The molecule has 1 aliphatic rings. The van der Waals surface area contributed by atoms with Gasteiger partial charge in [-0.15, -0.1) is 0 Å². The number of fused-ring (bicyclic) bond motifs is 1. The minimum absolute atomic E-state index is 0.189. The zero-order chi connectivity index (χ0) is 21.5. The first kappa shape index (κ1) is 21.8. The number of aldehydes is 1. The molecular formula is C22H28N4O4. The Morgan fingerprint density at radius 2 is 2.17 bits per heavy atom. The van der Waals surface area contributed by atoms with Crippen molar-refractivity contribution in [3.8, 4) is 11.8 Å². The van der Waals surface area contributed by atoms with Crippen molar-refractivity contribution >= 4 is 23.2 Å². The van der Waals surface area contributed by atoms with E-state index in [1.807, 2.05) is 12.1 Å². The Hall–Kier alpha value is -2.89. The average molecular weight is 412 g/mol. The van der Waals surface area contributed by atoms with E-state index in [-0.39, 0.29) is 30.5 Å². The maximum Gasteiger partial charge on any atom is 0.329 e. The van der Waals surface area contributed by atoms with Crippen LogP contribution in [0.25, 0.3) is 11.0 Å². The smallest absolute Gasteiger partial charge is 0.329 e. The van der Waals surface area contributed by atoms with Crippen LogP contribution in [0, 0.1) is 11.8 Å². The molecule has 1 aliphatic heterocycles. The van der Waals surface area contributed by atoms with Gasteiger partial charge in [0.05, 0.1) is 22.7 Å². The van der Waals surface area contributed by atoms with Gasteiger partial charge in [-0.05, 0) is 44.5 Å². The average Bonchev–Trinajstić information content (AvgIpc) is 3.03. The van der Waals surface area contributed by atoms with Crippen molar-refractivity contribution in [1.82, 2.24) is 19.8 Å². The van der Waals surface area contributed by atoms with E-state index in [9.17, 15) is 14.4 Å². The largest absolute Gasteiger partial charge is 0.365 e. The minimum atomic E-state index is -0.761. The topological polar surface area (TPSA) is 94.4 Å². The lowest BCUT2D eigenvalue weighted by molar-refractivity contribution is -0.124. The molecule has 1 aromatic carbocycles. The number of aromatic nitrogens is 2. The summed E-state index contributed by atoms with van der Waals surface area (Å²) in [5, 5.41) is 5.89. The van der Waals surface area contributed by atoms with Crippen LogP contribution in [-0.4, -0.2) is 54.2 Å². The lowest BCUT2D eigenvalue weighted by atomic mass is 10.1. The molecule has 1 atom stereocenters. The highest BCUT2D eigenvalue weighted by atomic mass is 16.5. The van der Waals surface area contributed by atoms with Gasteiger partial charge in [-0.25, -0.2) is 4.79 Å². The van der Waals surface area contributed by atoms with Crippen molar-refractivity contribution in [1.29, 1.82) is 0 Å². The van der Waals surface area contributed by atoms with Crippen LogP contribution in [-0.2, 0) is 21.4 Å². The molecule has 1 amide bonds. The fourth-order valence-corrected chi connectivity index (χ4v) is 3.86. The molecule has 1 fully saturated rings. The predicted molar refractivity (Wildman–Crippen MR) is 114 cm³/mol. The summed E-state index contributed by atoms with van der Waals surface area (Å²) in [4.78, 5) is 36.3. The SMILES string of the molecule is CNC(=O)C(CCC=O)n1c(=O)n(C)c2c(C#CCOC3CCNCC3)cccc21. The number of hydrogen-bond acceptors (Lipinski definition) is 5. The summed E-state index contributed by atoms with van der Waals surface area (Å²) >= 11 is 0. The molecule has 8 nitrogen and oxygen atoms in total. The molecule has 0 spiro atoms. The van der Waals surface area contributed by atoms with Crippen LogP contribution in [0.3, 0.4) is 0 Å². The predicted octanol–water partition coefficient (Wildman–Crippen LogP) is 0.726. The summed E-state index contributed by atoms with van der Waals surface area (Å²) in [6, 6.07) is 4.70. The number of carbonyl (C=O) groups is 2. The van der Waals surface area contributed by atoms with Gasteiger partial charge in [0.15, 0.2) is 0 Å². The van der Waals surface area contributed by atoms with Gasteiger partial charge in [-0.2, -0.15) is 0 Å². The summed E-state index contributed by atoms with van der Waals surface area (Å²) in [5.74, 6) is 5.86. The second-order valence-electron chi connectivity index (χ2n) is 7.32. The zero-order valence-electron chi connectivity index (χ0n) is 17.4. The Balaban J connectivity index is 1.92. The number of likely N-dealkylation sites (N-methyl/N-ethyl adjacent to an activating group) is 1. The second-order valence-corrected chi connectivity index (χ2v) is 7.32. The van der Waals surface area contributed by atoms with Crippen LogP contribution in [0.15, 0.2) is 23.0 Å². The van der Waals surface area contributed by atoms with Crippen molar-refractivity contribution in [2.75, 3.05) is 26.7 Å². The van der Waals surface area contributed by atoms with E-state index >= 15 is 0 Å². The van der Waals surface area contributed by atoms with Crippen molar-refractivity contribution in [2.45, 2.75) is 37.8 Å². The van der Waals surface area contributed by atoms with Crippen LogP contribution in [0.5, 0.6) is 0 Å². The van der Waals surface area contributed by atoms with E-state index in [2.05, 4.69) is 22.5 Å². The van der Waals surface area contributed by atoms with Gasteiger partial charge in [-0.3, -0.25) is 13.9 Å². The Morgan fingerprint density at radius 3 is 2.87 bits per heavy atom. The Bertz CT molecular complexity index is 1020. The molecule has 1 saturated heterocycles. The molecule has 160 valence electrons. The van der Waals surface area contributed by atoms with Gasteiger partial charge < -0.3 is 20.2 Å². The standard InChI is InChI=1S/C22H28N4O4/c1-23-21(28)19(9-4-14-27)26-18-8-3-6-16(20(18)25(2)22(26)29)7-5-15-30-17-10-12-24-13-11-17/h3,6,8,14,17,19,24H,4,9-13,15H2,1-2H3,(H,23,28). The van der Waals surface area contributed by atoms with Crippen molar-refractivity contribution in [2.24, 2.45) is 7.05 Å². The third-order valence-corrected chi connectivity index (χ3v) is 5.42. The maximum atomic E-state index is 13.0. The van der Waals surface area contributed by atoms with E-state index in [0.717, 1.165) is 32.2 Å². The van der Waals surface area contributed by atoms with E-state index < -0.39 is 6.04 Å². The minimum Gasteiger partial charge on any atom is -0.365 e. The first-order valence-electron chi connectivity index (χ1n) is 10.2. The van der Waals surface area contributed by atoms with Crippen molar-refractivity contribution in [3.05, 3.63) is 34.2 Å². The molecule has 0 aliphatic carbocycles. The van der Waals surface area contributed by atoms with Crippen LogP contribution < -0.4 is 16.3 Å².